The number of carbonyl (C=O) groups excluding carboxylic acids is 2. The maximum Gasteiger partial charge on any atom is 0.408 e. The van der Waals surface area contributed by atoms with E-state index in [9.17, 15) is 19.5 Å². The van der Waals surface area contributed by atoms with Crippen LogP contribution in [-0.2, 0) is 20.9 Å². The fraction of sp³-hybridized carbons (Fsp3) is 0.382. The number of hydrogen-bond donors (Lipinski definition) is 2. The number of likely N-dealkylation sites (tertiary alicyclic amines) is 2. The number of amides is 2. The van der Waals surface area contributed by atoms with Crippen molar-refractivity contribution >= 4 is 18.0 Å². The molecule has 2 heterocycles. The predicted octanol–water partition coefficient (Wildman–Crippen LogP) is 4.74. The first-order chi connectivity index (χ1) is 20.3. The smallest absolute Gasteiger partial charge is 0.408 e. The number of benzene rings is 3. The van der Waals surface area contributed by atoms with Gasteiger partial charge in [-0.3, -0.25) is 14.5 Å². The Morgan fingerprint density at radius 2 is 1.57 bits per heavy atom. The summed E-state index contributed by atoms with van der Waals surface area (Å²) >= 11 is 0. The molecule has 3 aliphatic rings. The Morgan fingerprint density at radius 1 is 0.929 bits per heavy atom. The molecule has 2 aliphatic heterocycles. The minimum Gasteiger partial charge on any atom is -0.481 e. The monoisotopic (exact) mass is 567 g/mol. The molecule has 1 aliphatic carbocycles. The van der Waals surface area contributed by atoms with Crippen molar-refractivity contribution < 1.29 is 24.2 Å². The SMILES string of the molecule is C[C@@H]1CN(C(=O)C2(NC(=O)OCC3c4ccccc4-c4ccccc43)CCN(Cc3ccccc3)C2)C[C@H]1CC(=O)O. The highest BCUT2D eigenvalue weighted by Gasteiger charge is 2.50. The van der Waals surface area contributed by atoms with Gasteiger partial charge in [-0.2, -0.15) is 0 Å². The molecule has 0 bridgehead atoms. The van der Waals surface area contributed by atoms with E-state index >= 15 is 0 Å². The van der Waals surface area contributed by atoms with Crippen LogP contribution in [0.5, 0.6) is 0 Å². The van der Waals surface area contributed by atoms with E-state index in [2.05, 4.69) is 46.6 Å². The average molecular weight is 568 g/mol. The van der Waals surface area contributed by atoms with Gasteiger partial charge in [0.05, 0.1) is 6.42 Å². The lowest BCUT2D eigenvalue weighted by Gasteiger charge is -2.33. The van der Waals surface area contributed by atoms with Crippen LogP contribution in [0.2, 0.25) is 0 Å². The topological polar surface area (TPSA) is 99.2 Å². The summed E-state index contributed by atoms with van der Waals surface area (Å²) in [6.07, 6.45) is -0.129. The molecular formula is C34H37N3O5. The van der Waals surface area contributed by atoms with Crippen LogP contribution < -0.4 is 5.32 Å². The third-order valence-electron chi connectivity index (χ3n) is 9.18. The molecule has 3 atom stereocenters. The largest absolute Gasteiger partial charge is 0.481 e. The molecule has 6 rings (SSSR count). The molecule has 8 nitrogen and oxygen atoms in total. The Morgan fingerprint density at radius 3 is 2.24 bits per heavy atom. The number of aliphatic carboxylic acids is 1. The van der Waals surface area contributed by atoms with E-state index in [0.29, 0.717) is 39.1 Å². The Bertz CT molecular complexity index is 1430. The first kappa shape index (κ1) is 28.0. The standard InChI is InChI=1S/C34H37N3O5/c1-23-18-37(20-25(23)17-31(38)39)32(40)34(15-16-36(22-34)19-24-9-3-2-4-10-24)35-33(41)42-21-30-28-13-7-5-11-26(28)27-12-6-8-14-29(27)30/h2-14,23,25,30H,15-22H2,1H3,(H,35,41)(H,38,39)/t23-,25-,34?/m1/s1. The van der Waals surface area contributed by atoms with E-state index in [1.807, 2.05) is 49.4 Å². The molecule has 3 aromatic rings. The molecule has 8 heteroatoms. The van der Waals surface area contributed by atoms with Crippen LogP contribution >= 0.6 is 0 Å². The van der Waals surface area contributed by atoms with Crippen LogP contribution in [-0.4, -0.2) is 71.2 Å². The van der Waals surface area contributed by atoms with Crippen molar-refractivity contribution in [2.75, 3.05) is 32.8 Å². The number of nitrogens with zero attached hydrogens (tertiary/aromatic N) is 2. The molecule has 0 saturated carbocycles. The van der Waals surface area contributed by atoms with Gasteiger partial charge in [-0.25, -0.2) is 4.79 Å². The summed E-state index contributed by atoms with van der Waals surface area (Å²) in [7, 11) is 0. The molecule has 1 unspecified atom stereocenters. The molecule has 2 N–H and O–H groups in total. The van der Waals surface area contributed by atoms with Gasteiger partial charge in [0.25, 0.3) is 0 Å². The van der Waals surface area contributed by atoms with Crippen molar-refractivity contribution in [3.8, 4) is 11.1 Å². The number of carboxylic acid groups (broad SMARTS) is 1. The van der Waals surface area contributed by atoms with E-state index in [1.165, 1.54) is 0 Å². The lowest BCUT2D eigenvalue weighted by molar-refractivity contribution is -0.139. The van der Waals surface area contributed by atoms with Crippen molar-refractivity contribution in [3.05, 3.63) is 95.6 Å². The third-order valence-corrected chi connectivity index (χ3v) is 9.18. The van der Waals surface area contributed by atoms with Crippen LogP contribution in [0.4, 0.5) is 4.79 Å². The number of hydrogen-bond acceptors (Lipinski definition) is 5. The summed E-state index contributed by atoms with van der Waals surface area (Å²) in [4.78, 5) is 42.9. The second-order valence-electron chi connectivity index (χ2n) is 12.0. The number of fused-ring (bicyclic) bond motifs is 3. The summed E-state index contributed by atoms with van der Waals surface area (Å²) in [6, 6.07) is 26.4. The summed E-state index contributed by atoms with van der Waals surface area (Å²) in [6.45, 7) is 4.68. The quantitative estimate of drug-likeness (QED) is 0.408. The van der Waals surface area contributed by atoms with Crippen LogP contribution in [0.3, 0.4) is 0 Å². The van der Waals surface area contributed by atoms with Gasteiger partial charge in [-0.1, -0.05) is 85.8 Å². The van der Waals surface area contributed by atoms with Crippen molar-refractivity contribution in [2.45, 2.75) is 37.8 Å². The van der Waals surface area contributed by atoms with E-state index < -0.39 is 17.6 Å². The maximum atomic E-state index is 14.1. The third kappa shape index (κ3) is 5.51. The van der Waals surface area contributed by atoms with Gasteiger partial charge in [0.1, 0.15) is 12.1 Å². The molecule has 2 amide bonds. The number of nitrogens with one attached hydrogen (secondary N) is 1. The van der Waals surface area contributed by atoms with Gasteiger partial charge >= 0.3 is 12.1 Å². The maximum absolute atomic E-state index is 14.1. The summed E-state index contributed by atoms with van der Waals surface area (Å²) in [5.74, 6) is -1.14. The van der Waals surface area contributed by atoms with Crippen LogP contribution in [0.25, 0.3) is 11.1 Å². The molecule has 42 heavy (non-hydrogen) atoms. The Kier molecular flexibility index (Phi) is 7.73. The van der Waals surface area contributed by atoms with E-state index in [-0.39, 0.29) is 36.7 Å². The van der Waals surface area contributed by atoms with Crippen LogP contribution in [0, 0.1) is 11.8 Å². The molecule has 0 radical (unpaired) electrons. The second kappa shape index (κ2) is 11.6. The van der Waals surface area contributed by atoms with Gasteiger partial charge in [-0.15, -0.1) is 0 Å². The number of ether oxygens (including phenoxy) is 1. The van der Waals surface area contributed by atoms with Gasteiger partial charge in [0, 0.05) is 38.6 Å². The minimum absolute atomic E-state index is 0.0257. The number of alkyl carbamates (subject to hydrolysis) is 1. The highest BCUT2D eigenvalue weighted by molar-refractivity contribution is 5.91. The molecule has 2 fully saturated rings. The lowest BCUT2D eigenvalue weighted by Crippen LogP contribution is -2.61. The molecular weight excluding hydrogens is 530 g/mol. The average Bonchev–Trinajstić information content (AvgIpc) is 3.66. The van der Waals surface area contributed by atoms with Crippen molar-refractivity contribution in [1.82, 2.24) is 15.1 Å². The number of carbonyl (C=O) groups is 3. The van der Waals surface area contributed by atoms with Crippen LogP contribution in [0.1, 0.15) is 42.4 Å². The zero-order valence-electron chi connectivity index (χ0n) is 23.9. The van der Waals surface area contributed by atoms with E-state index in [1.54, 1.807) is 4.90 Å². The Labute approximate surface area is 246 Å². The molecule has 0 aromatic heterocycles. The van der Waals surface area contributed by atoms with Gasteiger partial charge in [0.2, 0.25) is 5.91 Å². The van der Waals surface area contributed by atoms with Crippen LogP contribution in [0.15, 0.2) is 78.9 Å². The lowest BCUT2D eigenvalue weighted by atomic mass is 9.95. The summed E-state index contributed by atoms with van der Waals surface area (Å²) in [5, 5.41) is 12.4. The first-order valence-corrected chi connectivity index (χ1v) is 14.7. The van der Waals surface area contributed by atoms with E-state index in [4.69, 9.17) is 4.74 Å². The van der Waals surface area contributed by atoms with Gasteiger partial charge < -0.3 is 20.1 Å². The first-order valence-electron chi connectivity index (χ1n) is 14.7. The predicted molar refractivity (Wildman–Crippen MR) is 159 cm³/mol. The zero-order valence-corrected chi connectivity index (χ0v) is 23.9. The number of rotatable bonds is 8. The Balaban J connectivity index is 1.19. The zero-order chi connectivity index (χ0) is 29.3. The molecule has 0 spiro atoms. The number of carboxylic acids is 1. The molecule has 218 valence electrons. The van der Waals surface area contributed by atoms with E-state index in [0.717, 1.165) is 27.8 Å². The van der Waals surface area contributed by atoms with Crippen molar-refractivity contribution in [3.63, 3.8) is 0 Å². The summed E-state index contributed by atoms with van der Waals surface area (Å²) < 4.78 is 5.87. The molecule has 3 aromatic carbocycles. The summed E-state index contributed by atoms with van der Waals surface area (Å²) in [5.41, 5.74) is 4.55. The highest BCUT2D eigenvalue weighted by Crippen LogP contribution is 2.44. The van der Waals surface area contributed by atoms with Gasteiger partial charge in [0.15, 0.2) is 0 Å². The Hall–Kier alpha value is -4.17. The minimum atomic E-state index is -1.14. The second-order valence-corrected chi connectivity index (χ2v) is 12.0. The fourth-order valence-electron chi connectivity index (χ4n) is 7.02. The molecule has 2 saturated heterocycles. The fourth-order valence-corrected chi connectivity index (χ4v) is 7.02. The highest BCUT2D eigenvalue weighted by atomic mass is 16.5. The van der Waals surface area contributed by atoms with Crippen molar-refractivity contribution in [2.24, 2.45) is 11.8 Å². The van der Waals surface area contributed by atoms with Gasteiger partial charge in [-0.05, 0) is 46.1 Å². The van der Waals surface area contributed by atoms with Crippen molar-refractivity contribution in [1.29, 1.82) is 0 Å². The normalized spacial score (nSPS) is 23.4.